The Bertz CT molecular complexity index is 94.3. The number of rotatable bonds is 5. The lowest BCUT2D eigenvalue weighted by Crippen LogP contribution is -2.54. The van der Waals surface area contributed by atoms with E-state index in [1.54, 1.807) is 0 Å². The maximum absolute atomic E-state index is 8.73. The summed E-state index contributed by atoms with van der Waals surface area (Å²) in [6.45, 7) is 2.33. The van der Waals surface area contributed by atoms with Crippen molar-refractivity contribution in [2.45, 2.75) is 0 Å². The van der Waals surface area contributed by atoms with E-state index >= 15 is 0 Å². The molecule has 0 aromatic rings. The van der Waals surface area contributed by atoms with Gasteiger partial charge in [-0.25, -0.2) is 0 Å². The van der Waals surface area contributed by atoms with Crippen LogP contribution in [0.3, 0.4) is 0 Å². The molecule has 0 aliphatic carbocycles. The van der Waals surface area contributed by atoms with E-state index in [-0.39, 0.29) is 6.61 Å². The molecule has 3 N–H and O–H groups in total. The maximum Gasteiger partial charge on any atom is 0.0855 e. The Morgan fingerprint density at radius 2 is 1.82 bits per heavy atom. The molecule has 0 heterocycles. The molecule has 0 atom stereocenters. The van der Waals surface area contributed by atoms with Gasteiger partial charge in [-0.2, -0.15) is 5.01 Å². The lowest BCUT2D eigenvalue weighted by Gasteiger charge is -2.35. The second-order valence-electron chi connectivity index (χ2n) is 3.41. The van der Waals surface area contributed by atoms with Crippen molar-refractivity contribution in [1.29, 1.82) is 0 Å². The molecular weight excluding hydrogens is 142 g/mol. The predicted molar refractivity (Wildman–Crippen MR) is 45.7 cm³/mol. The molecule has 0 radical (unpaired) electrons. The van der Waals surface area contributed by atoms with Gasteiger partial charge in [0.05, 0.1) is 40.8 Å². The van der Waals surface area contributed by atoms with Gasteiger partial charge in [0, 0.05) is 6.54 Å². The highest BCUT2D eigenvalue weighted by atomic mass is 16.3. The Labute approximate surface area is 68.8 Å². The zero-order chi connectivity index (χ0) is 8.91. The molecule has 0 rings (SSSR count). The Kier molecular flexibility index (Phi) is 4.60. The van der Waals surface area contributed by atoms with E-state index in [0.717, 1.165) is 11.1 Å². The van der Waals surface area contributed by atoms with E-state index < -0.39 is 0 Å². The highest BCUT2D eigenvalue weighted by Crippen LogP contribution is 1.98. The van der Waals surface area contributed by atoms with Crippen LogP contribution in [0.4, 0.5) is 0 Å². The van der Waals surface area contributed by atoms with Crippen LogP contribution in [0.15, 0.2) is 0 Å². The van der Waals surface area contributed by atoms with Crippen LogP contribution in [-0.2, 0) is 0 Å². The topological polar surface area (TPSA) is 49.5 Å². The van der Waals surface area contributed by atoms with Gasteiger partial charge >= 0.3 is 0 Å². The molecule has 0 saturated heterocycles. The molecule has 0 unspecified atom stereocenters. The van der Waals surface area contributed by atoms with Crippen LogP contribution in [-0.4, -0.2) is 62.1 Å². The molecule has 0 spiro atoms. The molecule has 4 nitrogen and oxygen atoms in total. The first-order chi connectivity index (χ1) is 5.02. The molecule has 0 fully saturated rings. The summed E-state index contributed by atoms with van der Waals surface area (Å²) in [4.78, 5) is 0. The fraction of sp³-hybridized carbons (Fsp3) is 1.00. The number of aliphatic hydroxyl groups excluding tert-OH is 1. The highest BCUT2D eigenvalue weighted by molar-refractivity contribution is 4.44. The van der Waals surface area contributed by atoms with Crippen LogP contribution < -0.4 is 5.73 Å². The molecule has 4 heteroatoms. The van der Waals surface area contributed by atoms with Crippen LogP contribution in [0.25, 0.3) is 0 Å². The van der Waals surface area contributed by atoms with Gasteiger partial charge in [0.2, 0.25) is 0 Å². The quantitative estimate of drug-likeness (QED) is 0.397. The number of nitrogens with two attached hydrogens (primary N) is 1. The Morgan fingerprint density at radius 1 is 1.27 bits per heavy atom. The minimum atomic E-state index is 0.190. The smallest absolute Gasteiger partial charge is 0.0855 e. The van der Waals surface area contributed by atoms with Gasteiger partial charge < -0.3 is 10.8 Å². The van der Waals surface area contributed by atoms with Crippen LogP contribution in [0.2, 0.25) is 0 Å². The number of nitrogens with zero attached hydrogens (tertiary/aromatic N) is 2. The Balaban J connectivity index is 3.88. The van der Waals surface area contributed by atoms with Gasteiger partial charge in [0.25, 0.3) is 0 Å². The van der Waals surface area contributed by atoms with Crippen molar-refractivity contribution in [2.24, 2.45) is 5.73 Å². The number of aliphatic hydroxyl groups is 1. The summed E-state index contributed by atoms with van der Waals surface area (Å²) in [6, 6.07) is 0. The van der Waals surface area contributed by atoms with Crippen molar-refractivity contribution < 1.29 is 9.70 Å². The predicted octanol–water partition coefficient (Wildman–Crippen LogP) is -1.14. The molecule has 0 amide bonds. The van der Waals surface area contributed by atoms with Crippen molar-refractivity contribution in [3.05, 3.63) is 0 Å². The van der Waals surface area contributed by atoms with Gasteiger partial charge in [-0.3, -0.25) is 4.59 Å². The zero-order valence-electron chi connectivity index (χ0n) is 7.75. The van der Waals surface area contributed by atoms with Crippen molar-refractivity contribution >= 4 is 0 Å². The summed E-state index contributed by atoms with van der Waals surface area (Å²) in [7, 11) is 6.18. The Morgan fingerprint density at radius 3 is 2.09 bits per heavy atom. The fourth-order valence-corrected chi connectivity index (χ4v) is 0.976. The van der Waals surface area contributed by atoms with Crippen LogP contribution in [0.1, 0.15) is 0 Å². The average Bonchev–Trinajstić information content (AvgIpc) is 1.85. The molecular formula is C7H20N3O+. The normalized spacial score (nSPS) is 12.5. The van der Waals surface area contributed by atoms with Crippen molar-refractivity contribution in [1.82, 2.24) is 5.01 Å². The number of quaternary nitrogens is 1. The summed E-state index contributed by atoms with van der Waals surface area (Å²) in [5.74, 6) is 0. The monoisotopic (exact) mass is 162 g/mol. The van der Waals surface area contributed by atoms with Gasteiger partial charge in [0.1, 0.15) is 0 Å². The summed E-state index contributed by atoms with van der Waals surface area (Å²) < 4.78 is 0.720. The largest absolute Gasteiger partial charge is 0.395 e. The van der Waals surface area contributed by atoms with Crippen LogP contribution >= 0.6 is 0 Å². The van der Waals surface area contributed by atoms with E-state index in [1.165, 1.54) is 0 Å². The molecule has 0 saturated carbocycles. The van der Waals surface area contributed by atoms with Crippen molar-refractivity contribution in [3.63, 3.8) is 0 Å². The molecule has 68 valence electrons. The molecule has 11 heavy (non-hydrogen) atoms. The SMILES string of the molecule is C[N+](C)(C)N(CCN)CCO. The van der Waals surface area contributed by atoms with Gasteiger partial charge in [0.15, 0.2) is 0 Å². The molecule has 0 aromatic heterocycles. The molecule has 0 aliphatic rings. The third-order valence-corrected chi connectivity index (χ3v) is 1.59. The maximum atomic E-state index is 8.73. The summed E-state index contributed by atoms with van der Waals surface area (Å²) in [6.07, 6.45) is 0. The molecule has 0 aliphatic heterocycles. The van der Waals surface area contributed by atoms with Crippen molar-refractivity contribution in [2.75, 3.05) is 47.4 Å². The van der Waals surface area contributed by atoms with E-state index in [4.69, 9.17) is 10.8 Å². The zero-order valence-corrected chi connectivity index (χ0v) is 7.75. The third-order valence-electron chi connectivity index (χ3n) is 1.59. The second kappa shape index (κ2) is 4.66. The van der Waals surface area contributed by atoms with Crippen molar-refractivity contribution in [3.8, 4) is 0 Å². The summed E-state index contributed by atoms with van der Waals surface area (Å²) in [5, 5.41) is 10.8. The van der Waals surface area contributed by atoms with E-state index in [1.807, 2.05) is 0 Å². The first-order valence-corrected chi connectivity index (χ1v) is 3.90. The van der Waals surface area contributed by atoms with Gasteiger partial charge in [-0.1, -0.05) is 0 Å². The van der Waals surface area contributed by atoms with E-state index in [9.17, 15) is 0 Å². The van der Waals surface area contributed by atoms with E-state index in [2.05, 4.69) is 26.2 Å². The second-order valence-corrected chi connectivity index (χ2v) is 3.41. The first kappa shape index (κ1) is 10.8. The van der Waals surface area contributed by atoms with Gasteiger partial charge in [-0.15, -0.1) is 0 Å². The fourth-order valence-electron chi connectivity index (χ4n) is 0.976. The third kappa shape index (κ3) is 4.31. The lowest BCUT2D eigenvalue weighted by molar-refractivity contribution is -0.986. The minimum Gasteiger partial charge on any atom is -0.395 e. The average molecular weight is 162 g/mol. The summed E-state index contributed by atoms with van der Waals surface area (Å²) in [5.41, 5.74) is 5.42. The highest BCUT2D eigenvalue weighted by Gasteiger charge is 2.18. The van der Waals surface area contributed by atoms with Crippen LogP contribution in [0, 0.1) is 0 Å². The molecule has 0 aromatic carbocycles. The first-order valence-electron chi connectivity index (χ1n) is 3.90. The van der Waals surface area contributed by atoms with Crippen LogP contribution in [0.5, 0.6) is 0 Å². The number of hydrogen-bond donors (Lipinski definition) is 2. The molecule has 0 bridgehead atoms. The Hall–Kier alpha value is -0.160. The lowest BCUT2D eigenvalue weighted by atomic mass is 10.5. The van der Waals surface area contributed by atoms with Gasteiger partial charge in [-0.05, 0) is 0 Å². The van der Waals surface area contributed by atoms with E-state index in [0.29, 0.717) is 13.1 Å². The summed E-state index contributed by atoms with van der Waals surface area (Å²) >= 11 is 0. The number of hydrogen-bond acceptors (Lipinski definition) is 3. The standard InChI is InChI=1S/C7H20N3O/c1-10(2,3)9(5-4-8)6-7-11/h11H,4-8H2,1-3H3/q+1. The minimum absolute atomic E-state index is 0.190.